The number of hydrogen-bond donors (Lipinski definition) is 2. The molecule has 0 heterocycles. The fourth-order valence-corrected chi connectivity index (χ4v) is 2.55. The Morgan fingerprint density at radius 3 is 1.75 bits per heavy atom. The molecule has 178 valence electrons. The predicted octanol–water partition coefficient (Wildman–Crippen LogP) is 0.922. The maximum atomic E-state index is 11.8. The molecule has 15 nitrogen and oxygen atoms in total. The Hall–Kier alpha value is -3.72. The van der Waals surface area contributed by atoms with Crippen molar-refractivity contribution < 1.29 is 39.1 Å². The summed E-state index contributed by atoms with van der Waals surface area (Å²) in [5, 5.41) is 50.9. The summed E-state index contributed by atoms with van der Waals surface area (Å²) >= 11 is 0. The van der Waals surface area contributed by atoms with Crippen LogP contribution in [-0.2, 0) is 9.59 Å². The van der Waals surface area contributed by atoms with Gasteiger partial charge in [-0.15, -0.1) is 0 Å². The van der Waals surface area contributed by atoms with E-state index < -0.39 is 55.6 Å². The number of benzene rings is 1. The number of carbonyl (C=O) groups excluding carboxylic acids is 1. The fourth-order valence-electron chi connectivity index (χ4n) is 2.55. The van der Waals surface area contributed by atoms with Crippen LogP contribution < -0.4 is 10.8 Å². The number of quaternary nitrogens is 1. The first-order valence-electron chi connectivity index (χ1n) is 9.13. The minimum atomic E-state index is -1.46. The lowest BCUT2D eigenvalue weighted by Gasteiger charge is -2.35. The molecule has 1 aromatic rings. The third kappa shape index (κ3) is 8.19. The van der Waals surface area contributed by atoms with E-state index in [0.717, 1.165) is 6.42 Å². The summed E-state index contributed by atoms with van der Waals surface area (Å²) in [6, 6.07) is 0.769. The number of Topliss-reactive ketones (excluding diaryl/α,β-unsaturated/α-hetero) is 1. The number of ketones is 1. The molecule has 0 spiro atoms. The van der Waals surface area contributed by atoms with E-state index in [0.29, 0.717) is 23.0 Å². The van der Waals surface area contributed by atoms with E-state index in [-0.39, 0.29) is 12.2 Å². The van der Waals surface area contributed by atoms with Gasteiger partial charge in [-0.05, 0) is 6.42 Å². The molecule has 1 rings (SSSR count). The first kappa shape index (κ1) is 28.3. The first-order valence-corrected chi connectivity index (χ1v) is 9.13. The van der Waals surface area contributed by atoms with Crippen LogP contribution in [0.1, 0.15) is 26.2 Å². The number of nitro benzene ring substituents is 3. The number of aliphatic carboxylic acids is 1. The van der Waals surface area contributed by atoms with Gasteiger partial charge in [0.25, 0.3) is 17.1 Å². The van der Waals surface area contributed by atoms with Gasteiger partial charge < -0.3 is 14.7 Å². The number of nitrogens with two attached hydrogens (primary N) is 1. The van der Waals surface area contributed by atoms with Crippen LogP contribution in [0.5, 0.6) is 5.75 Å². The smallest absolute Gasteiger partial charge is 0.304 e. The van der Waals surface area contributed by atoms with Crippen LogP contribution in [-0.4, -0.2) is 63.4 Å². The summed E-state index contributed by atoms with van der Waals surface area (Å²) in [7, 11) is 5.58. The minimum Gasteiger partial charge on any atom is -0.863 e. The average molecular weight is 459 g/mol. The molecule has 1 unspecified atom stereocenters. The van der Waals surface area contributed by atoms with Crippen molar-refractivity contribution in [2.24, 2.45) is 11.7 Å². The molecule has 32 heavy (non-hydrogen) atoms. The fraction of sp³-hybridized carbons (Fsp3) is 0.529. The summed E-state index contributed by atoms with van der Waals surface area (Å²) in [6.45, 7) is 1.90. The van der Waals surface area contributed by atoms with Crippen molar-refractivity contribution in [3.63, 3.8) is 0 Å². The minimum absolute atomic E-state index is 0.0505. The molecule has 3 N–H and O–H groups in total. The zero-order chi connectivity index (χ0) is 25.4. The van der Waals surface area contributed by atoms with E-state index in [1.165, 1.54) is 0 Å². The molecule has 2 atom stereocenters. The van der Waals surface area contributed by atoms with Crippen LogP contribution in [0.4, 0.5) is 17.1 Å². The van der Waals surface area contributed by atoms with E-state index in [4.69, 9.17) is 10.8 Å². The monoisotopic (exact) mass is 459 g/mol. The van der Waals surface area contributed by atoms with Crippen LogP contribution >= 0.6 is 0 Å². The lowest BCUT2D eigenvalue weighted by molar-refractivity contribution is -0.898. The molecule has 0 saturated carbocycles. The van der Waals surface area contributed by atoms with Gasteiger partial charge in [0.05, 0.1) is 66.1 Å². The highest BCUT2D eigenvalue weighted by Gasteiger charge is 2.35. The van der Waals surface area contributed by atoms with Gasteiger partial charge in [0, 0.05) is 6.42 Å². The molecule has 15 heteroatoms. The molecule has 0 saturated heterocycles. The molecule has 0 aliphatic rings. The average Bonchev–Trinajstić information content (AvgIpc) is 2.64. The van der Waals surface area contributed by atoms with Gasteiger partial charge in [0.15, 0.2) is 0 Å². The van der Waals surface area contributed by atoms with Crippen LogP contribution in [0.3, 0.4) is 0 Å². The van der Waals surface area contributed by atoms with Gasteiger partial charge in [-0.2, -0.15) is 0 Å². The van der Waals surface area contributed by atoms with Crippen molar-refractivity contribution in [1.29, 1.82) is 0 Å². The van der Waals surface area contributed by atoms with Crippen LogP contribution in [0.2, 0.25) is 0 Å². The number of rotatable bonds is 10. The van der Waals surface area contributed by atoms with E-state index in [1.54, 1.807) is 0 Å². The van der Waals surface area contributed by atoms with Crippen molar-refractivity contribution in [1.82, 2.24) is 0 Å². The quantitative estimate of drug-likeness (QED) is 0.216. The maximum absolute atomic E-state index is 11.8. The van der Waals surface area contributed by atoms with E-state index >= 15 is 0 Å². The second-order valence-electron chi connectivity index (χ2n) is 7.61. The first-order chi connectivity index (χ1) is 14.5. The van der Waals surface area contributed by atoms with Gasteiger partial charge in [0.2, 0.25) is 0 Å². The topological polar surface area (TPSA) is 233 Å². The number of carboxylic acids is 1. The third-order valence-corrected chi connectivity index (χ3v) is 4.25. The molecular formula is C17H25N5O10. The molecular weight excluding hydrogens is 434 g/mol. The van der Waals surface area contributed by atoms with E-state index in [9.17, 15) is 45.0 Å². The Bertz CT molecular complexity index is 861. The van der Waals surface area contributed by atoms with Crippen molar-refractivity contribution in [2.45, 2.75) is 32.4 Å². The van der Waals surface area contributed by atoms with Crippen molar-refractivity contribution in [3.8, 4) is 5.75 Å². The maximum Gasteiger partial charge on any atom is 0.304 e. The number of nitrogens with zero attached hydrogens (tertiary/aromatic N) is 4. The Labute approximate surface area is 182 Å². The summed E-state index contributed by atoms with van der Waals surface area (Å²) in [6.07, 6.45) is 0.454. The zero-order valence-corrected chi connectivity index (χ0v) is 17.9. The highest BCUT2D eigenvalue weighted by atomic mass is 16.6. The SMILES string of the molecule is CCCC(=O)C(CC(=O)O)[C@H](N)[N+](C)(C)C.O=[N+]([O-])c1cc([N+](=O)[O-])c([O-])c([N+](=O)[O-])c1. The number of non-ortho nitro benzene ring substituents is 1. The van der Waals surface area contributed by atoms with E-state index in [1.807, 2.05) is 28.1 Å². The lowest BCUT2D eigenvalue weighted by Crippen LogP contribution is -2.57. The Morgan fingerprint density at radius 2 is 1.47 bits per heavy atom. The molecule has 0 aliphatic carbocycles. The molecule has 0 amide bonds. The summed E-state index contributed by atoms with van der Waals surface area (Å²) < 4.78 is 0.382. The van der Waals surface area contributed by atoms with Crippen LogP contribution in [0, 0.1) is 36.3 Å². The third-order valence-electron chi connectivity index (χ3n) is 4.25. The molecule has 0 fully saturated rings. The van der Waals surface area contributed by atoms with Gasteiger partial charge in [0.1, 0.15) is 11.9 Å². The van der Waals surface area contributed by atoms with Crippen LogP contribution in [0.15, 0.2) is 12.1 Å². The van der Waals surface area contributed by atoms with Gasteiger partial charge in [-0.3, -0.25) is 45.7 Å². The van der Waals surface area contributed by atoms with Gasteiger partial charge >= 0.3 is 5.97 Å². The highest BCUT2D eigenvalue weighted by molar-refractivity contribution is 5.85. The normalized spacial score (nSPS) is 12.7. The van der Waals surface area contributed by atoms with Crippen molar-refractivity contribution in [2.75, 3.05) is 21.1 Å². The summed E-state index contributed by atoms with van der Waals surface area (Å²) in [5.41, 5.74) is 2.70. The summed E-state index contributed by atoms with van der Waals surface area (Å²) in [4.78, 5) is 50.1. The molecule has 0 aromatic heterocycles. The highest BCUT2D eigenvalue weighted by Crippen LogP contribution is 2.36. The number of hydrogen-bond acceptors (Lipinski definition) is 10. The Kier molecular flexibility index (Phi) is 10.3. The Balaban J connectivity index is 0.000000601. The largest absolute Gasteiger partial charge is 0.863 e. The predicted molar refractivity (Wildman–Crippen MR) is 108 cm³/mol. The van der Waals surface area contributed by atoms with Crippen molar-refractivity contribution >= 4 is 28.8 Å². The van der Waals surface area contributed by atoms with Crippen molar-refractivity contribution in [3.05, 3.63) is 42.5 Å². The standard InChI is InChI=1S/C11H22N2O3.C6H3N3O7/c1-5-6-9(14)8(7-10(15)16)11(12)13(2,3)4;10-6-4(8(13)14)1-3(7(11)12)2-5(6)9(15)16/h8,11H,5-7,12H2,1-4H3;1-2,10H/t8?,11-;/m1./s1. The van der Waals surface area contributed by atoms with E-state index in [2.05, 4.69) is 0 Å². The number of carboxylic acid groups (broad SMARTS) is 1. The number of carbonyl (C=O) groups is 2. The second-order valence-corrected chi connectivity index (χ2v) is 7.61. The zero-order valence-electron chi connectivity index (χ0n) is 17.9. The lowest BCUT2D eigenvalue weighted by atomic mass is 9.93. The molecule has 1 aromatic carbocycles. The van der Waals surface area contributed by atoms with Gasteiger partial charge in [-0.25, -0.2) is 0 Å². The molecule has 0 radical (unpaired) electrons. The summed E-state index contributed by atoms with van der Waals surface area (Å²) in [5.74, 6) is -3.08. The second kappa shape index (κ2) is 11.6. The van der Waals surface area contributed by atoms with Crippen LogP contribution in [0.25, 0.3) is 0 Å². The molecule has 0 aliphatic heterocycles. The number of nitro groups is 3. The van der Waals surface area contributed by atoms with Gasteiger partial charge in [-0.1, -0.05) is 6.92 Å². The Morgan fingerprint density at radius 1 is 1.03 bits per heavy atom. The molecule has 0 bridgehead atoms.